The molecule has 0 atom stereocenters. The molecule has 0 unspecified atom stereocenters. The lowest BCUT2D eigenvalue weighted by Crippen LogP contribution is -2.40. The number of rotatable bonds is 7. The summed E-state index contributed by atoms with van der Waals surface area (Å²) < 4.78 is 6.04. The van der Waals surface area contributed by atoms with Crippen LogP contribution in [0.3, 0.4) is 0 Å². The summed E-state index contributed by atoms with van der Waals surface area (Å²) in [5, 5.41) is 2.97. The van der Waals surface area contributed by atoms with Gasteiger partial charge in [0, 0.05) is 31.3 Å². The van der Waals surface area contributed by atoms with Crippen molar-refractivity contribution in [1.82, 2.24) is 9.88 Å². The van der Waals surface area contributed by atoms with Gasteiger partial charge in [-0.15, -0.1) is 0 Å². The lowest BCUT2D eigenvalue weighted by atomic mass is 9.90. The van der Waals surface area contributed by atoms with Gasteiger partial charge in [0.1, 0.15) is 0 Å². The molecule has 1 aliphatic heterocycles. The van der Waals surface area contributed by atoms with E-state index in [2.05, 4.69) is 10.3 Å². The Hall–Kier alpha value is -3.15. The van der Waals surface area contributed by atoms with Crippen LogP contribution in [0.15, 0.2) is 54.7 Å². The van der Waals surface area contributed by atoms with Crippen LogP contribution in [0.4, 0.5) is 5.82 Å². The van der Waals surface area contributed by atoms with Crippen molar-refractivity contribution in [2.24, 2.45) is 11.8 Å². The number of piperidine rings is 1. The SMILES string of the molecule is O=C(Nc1ncccc1OCC1CCCCC1)C1CCN(C(=O)/C=C/c2ccccc2)CC1. The lowest BCUT2D eigenvalue weighted by molar-refractivity contribution is -0.130. The largest absolute Gasteiger partial charge is 0.489 e. The number of likely N-dealkylation sites (tertiary alicyclic amines) is 1. The predicted molar refractivity (Wildman–Crippen MR) is 130 cm³/mol. The normalized spacial score (nSPS) is 17.8. The highest BCUT2D eigenvalue weighted by atomic mass is 16.5. The highest BCUT2D eigenvalue weighted by Gasteiger charge is 2.27. The summed E-state index contributed by atoms with van der Waals surface area (Å²) >= 11 is 0. The van der Waals surface area contributed by atoms with E-state index in [0.29, 0.717) is 50.0 Å². The molecule has 1 aliphatic carbocycles. The Bertz CT molecular complexity index is 946. The average molecular weight is 448 g/mol. The Morgan fingerprint density at radius 2 is 1.76 bits per heavy atom. The Morgan fingerprint density at radius 1 is 1.00 bits per heavy atom. The van der Waals surface area contributed by atoms with Crippen molar-refractivity contribution in [2.75, 3.05) is 25.0 Å². The van der Waals surface area contributed by atoms with Crippen molar-refractivity contribution in [1.29, 1.82) is 0 Å². The van der Waals surface area contributed by atoms with Crippen LogP contribution in [0.1, 0.15) is 50.5 Å². The summed E-state index contributed by atoms with van der Waals surface area (Å²) in [4.78, 5) is 31.5. The van der Waals surface area contributed by atoms with Crippen molar-refractivity contribution < 1.29 is 14.3 Å². The molecule has 0 radical (unpaired) electrons. The quantitative estimate of drug-likeness (QED) is 0.611. The number of hydrogen-bond acceptors (Lipinski definition) is 4. The van der Waals surface area contributed by atoms with Crippen molar-refractivity contribution in [3.05, 3.63) is 60.3 Å². The van der Waals surface area contributed by atoms with E-state index in [4.69, 9.17) is 4.74 Å². The molecule has 4 rings (SSSR count). The van der Waals surface area contributed by atoms with Gasteiger partial charge in [-0.3, -0.25) is 9.59 Å². The van der Waals surface area contributed by atoms with Crippen LogP contribution >= 0.6 is 0 Å². The molecule has 1 saturated heterocycles. The summed E-state index contributed by atoms with van der Waals surface area (Å²) in [6.07, 6.45) is 12.7. The van der Waals surface area contributed by atoms with Crippen LogP contribution in [-0.4, -0.2) is 41.4 Å². The molecule has 0 spiro atoms. The first-order valence-electron chi connectivity index (χ1n) is 12.1. The van der Waals surface area contributed by atoms with Crippen LogP contribution in [0.5, 0.6) is 5.75 Å². The number of pyridine rings is 1. The molecular formula is C27H33N3O3. The van der Waals surface area contributed by atoms with E-state index in [9.17, 15) is 9.59 Å². The van der Waals surface area contributed by atoms with E-state index in [1.807, 2.05) is 53.4 Å². The van der Waals surface area contributed by atoms with Gasteiger partial charge in [-0.1, -0.05) is 49.6 Å². The Balaban J connectivity index is 1.26. The zero-order valence-electron chi connectivity index (χ0n) is 19.1. The molecule has 6 nitrogen and oxygen atoms in total. The molecular weight excluding hydrogens is 414 g/mol. The molecule has 1 aromatic heterocycles. The second kappa shape index (κ2) is 11.6. The van der Waals surface area contributed by atoms with Crippen molar-refractivity contribution in [3.8, 4) is 5.75 Å². The van der Waals surface area contributed by atoms with Crippen LogP contribution in [0.2, 0.25) is 0 Å². The number of ether oxygens (including phenoxy) is 1. The highest BCUT2D eigenvalue weighted by Crippen LogP contribution is 2.28. The minimum Gasteiger partial charge on any atom is -0.489 e. The second-order valence-electron chi connectivity index (χ2n) is 9.00. The number of aromatic nitrogens is 1. The first-order valence-corrected chi connectivity index (χ1v) is 12.1. The van der Waals surface area contributed by atoms with E-state index in [0.717, 1.165) is 5.56 Å². The Morgan fingerprint density at radius 3 is 2.52 bits per heavy atom. The zero-order chi connectivity index (χ0) is 22.9. The van der Waals surface area contributed by atoms with Gasteiger partial charge in [0.05, 0.1) is 6.61 Å². The molecule has 2 fully saturated rings. The number of nitrogens with zero attached hydrogens (tertiary/aromatic N) is 2. The van der Waals surface area contributed by atoms with Gasteiger partial charge in [-0.05, 0) is 55.4 Å². The van der Waals surface area contributed by atoms with Gasteiger partial charge in [-0.2, -0.15) is 0 Å². The van der Waals surface area contributed by atoms with Gasteiger partial charge in [0.15, 0.2) is 11.6 Å². The van der Waals surface area contributed by atoms with Gasteiger partial charge in [0.2, 0.25) is 11.8 Å². The van der Waals surface area contributed by atoms with Gasteiger partial charge in [-0.25, -0.2) is 4.98 Å². The summed E-state index contributed by atoms with van der Waals surface area (Å²) in [5.41, 5.74) is 0.997. The molecule has 2 aliphatic rings. The highest BCUT2D eigenvalue weighted by molar-refractivity contribution is 5.94. The van der Waals surface area contributed by atoms with Gasteiger partial charge in [0.25, 0.3) is 0 Å². The fourth-order valence-corrected chi connectivity index (χ4v) is 4.58. The fraction of sp³-hybridized carbons (Fsp3) is 0.444. The number of amides is 2. The standard InChI is InChI=1S/C27H33N3O3/c31-25(14-13-21-8-3-1-4-9-21)30-18-15-23(16-19-30)27(32)29-26-24(12-7-17-28-26)33-20-22-10-5-2-6-11-22/h1,3-4,7-9,12-14,17,22-23H,2,5-6,10-11,15-16,18-20H2,(H,28,29,32)/b14-13+. The average Bonchev–Trinajstić information content (AvgIpc) is 2.88. The molecule has 2 heterocycles. The topological polar surface area (TPSA) is 71.5 Å². The van der Waals surface area contributed by atoms with Crippen molar-refractivity contribution in [2.45, 2.75) is 44.9 Å². The predicted octanol–water partition coefficient (Wildman–Crippen LogP) is 4.93. The number of hydrogen-bond donors (Lipinski definition) is 1. The number of carbonyl (C=O) groups is 2. The molecule has 2 aromatic rings. The lowest BCUT2D eigenvalue weighted by Gasteiger charge is -2.30. The summed E-state index contributed by atoms with van der Waals surface area (Å²) in [7, 11) is 0. The summed E-state index contributed by atoms with van der Waals surface area (Å²) in [6.45, 7) is 1.82. The maximum absolute atomic E-state index is 12.9. The van der Waals surface area contributed by atoms with E-state index >= 15 is 0 Å². The second-order valence-corrected chi connectivity index (χ2v) is 9.00. The molecule has 6 heteroatoms. The number of anilines is 1. The maximum atomic E-state index is 12.9. The minimum absolute atomic E-state index is 0.0131. The minimum atomic E-state index is -0.139. The van der Waals surface area contributed by atoms with Crippen LogP contribution in [0.25, 0.3) is 6.08 Å². The molecule has 174 valence electrons. The summed E-state index contributed by atoms with van der Waals surface area (Å²) in [5.74, 6) is 1.50. The van der Waals surface area contributed by atoms with E-state index in [-0.39, 0.29) is 17.7 Å². The fourth-order valence-electron chi connectivity index (χ4n) is 4.58. The molecule has 1 N–H and O–H groups in total. The van der Waals surface area contributed by atoms with E-state index in [1.165, 1.54) is 32.1 Å². The monoisotopic (exact) mass is 447 g/mol. The number of nitrogens with one attached hydrogen (secondary N) is 1. The summed E-state index contributed by atoms with van der Waals surface area (Å²) in [6, 6.07) is 13.5. The van der Waals surface area contributed by atoms with Crippen molar-refractivity contribution in [3.63, 3.8) is 0 Å². The third-order valence-electron chi connectivity index (χ3n) is 6.61. The number of carbonyl (C=O) groups excluding carboxylic acids is 2. The van der Waals surface area contributed by atoms with E-state index in [1.54, 1.807) is 12.3 Å². The first kappa shape index (κ1) is 23.0. The zero-order valence-corrected chi connectivity index (χ0v) is 19.1. The van der Waals surface area contributed by atoms with Crippen LogP contribution in [-0.2, 0) is 9.59 Å². The molecule has 1 saturated carbocycles. The van der Waals surface area contributed by atoms with Gasteiger partial charge >= 0.3 is 0 Å². The smallest absolute Gasteiger partial charge is 0.246 e. The number of benzene rings is 1. The van der Waals surface area contributed by atoms with E-state index < -0.39 is 0 Å². The Kier molecular flexibility index (Phi) is 8.12. The molecule has 2 amide bonds. The third-order valence-corrected chi connectivity index (χ3v) is 6.61. The maximum Gasteiger partial charge on any atom is 0.246 e. The third kappa shape index (κ3) is 6.67. The van der Waals surface area contributed by atoms with Gasteiger partial charge < -0.3 is 15.0 Å². The first-order chi connectivity index (χ1) is 16.2. The van der Waals surface area contributed by atoms with Crippen LogP contribution < -0.4 is 10.1 Å². The molecule has 0 bridgehead atoms. The Labute approximate surface area is 196 Å². The molecule has 33 heavy (non-hydrogen) atoms. The van der Waals surface area contributed by atoms with Crippen LogP contribution in [0, 0.1) is 11.8 Å². The molecule has 1 aromatic carbocycles. The van der Waals surface area contributed by atoms with Crippen molar-refractivity contribution >= 4 is 23.7 Å².